The Balaban J connectivity index is 1.52. The van der Waals surface area contributed by atoms with Crippen molar-refractivity contribution in [3.63, 3.8) is 0 Å². The van der Waals surface area contributed by atoms with Gasteiger partial charge in [-0.1, -0.05) is 90.4 Å². The number of carbonyl (C=O) groups excluding carboxylic acids is 2. The molecule has 0 aromatic heterocycles. The van der Waals surface area contributed by atoms with E-state index >= 15 is 0 Å². The molecule has 0 bridgehead atoms. The minimum Gasteiger partial charge on any atom is -0.469 e. The van der Waals surface area contributed by atoms with Gasteiger partial charge in [0.15, 0.2) is 0 Å². The fourth-order valence-electron chi connectivity index (χ4n) is 5.07. The Bertz CT molecular complexity index is 613. The Morgan fingerprint density at radius 3 is 1.89 bits per heavy atom. The zero-order valence-corrected chi connectivity index (χ0v) is 22.3. The van der Waals surface area contributed by atoms with Crippen LogP contribution in [0.25, 0.3) is 0 Å². The number of carbonyl (C=O) groups is 2. The van der Waals surface area contributed by atoms with Gasteiger partial charge in [-0.25, -0.2) is 4.90 Å². The number of allylic oxidation sites excluding steroid dienone is 1. The van der Waals surface area contributed by atoms with Crippen molar-refractivity contribution in [3.05, 3.63) is 12.3 Å². The molecule has 2 aliphatic rings. The van der Waals surface area contributed by atoms with E-state index in [9.17, 15) is 9.59 Å². The smallest absolute Gasteiger partial charge is 0.316 e. The van der Waals surface area contributed by atoms with Crippen molar-refractivity contribution in [3.8, 4) is 0 Å². The first-order valence-corrected chi connectivity index (χ1v) is 14.0. The number of nitrogens with zero attached hydrogens (tertiary/aromatic N) is 1. The molecule has 0 amide bonds. The summed E-state index contributed by atoms with van der Waals surface area (Å²) >= 11 is 0. The first kappa shape index (κ1) is 29.8. The molecule has 2 rings (SSSR count). The molecule has 1 unspecified atom stereocenters. The quantitative estimate of drug-likeness (QED) is 0.115. The molecule has 2 saturated heterocycles. The topological polar surface area (TPSA) is 74.3 Å². The molecule has 0 aromatic carbocycles. The summed E-state index contributed by atoms with van der Waals surface area (Å²) in [6.45, 7) is 3.73. The maximum absolute atomic E-state index is 12.9. The standard InChI is InChI=1S/C28H49NO6/c1-3-4-5-6-7-8-9-10-11-12-13-14-15-16-17-18-19-35-27(31)25(20-26(30)32-2)28-21-33-23-29(28)24-34-22-28/h18-19,25H,3-17,20-24H2,1-2H3/b19-18+. The maximum atomic E-state index is 12.9. The fourth-order valence-corrected chi connectivity index (χ4v) is 5.07. The number of rotatable bonds is 20. The first-order chi connectivity index (χ1) is 17.1. The van der Waals surface area contributed by atoms with Gasteiger partial charge in [-0.15, -0.1) is 0 Å². The van der Waals surface area contributed by atoms with Crippen LogP contribution in [-0.4, -0.2) is 56.2 Å². The number of ether oxygens (including phenoxy) is 4. The van der Waals surface area contributed by atoms with Crippen molar-refractivity contribution in [2.75, 3.05) is 33.8 Å². The Morgan fingerprint density at radius 1 is 0.857 bits per heavy atom. The number of hydrogen-bond acceptors (Lipinski definition) is 7. The molecule has 7 heteroatoms. The van der Waals surface area contributed by atoms with E-state index in [4.69, 9.17) is 18.9 Å². The SMILES string of the molecule is CCCCCCCCCCCCCCCC/C=C/OC(=O)C(CC(=O)OC)C12COCN1COC2. The van der Waals surface area contributed by atoms with Crippen LogP contribution in [0.3, 0.4) is 0 Å². The molecule has 1 atom stereocenters. The van der Waals surface area contributed by atoms with Crippen molar-refractivity contribution in [1.29, 1.82) is 0 Å². The second-order valence-electron chi connectivity index (χ2n) is 10.1. The van der Waals surface area contributed by atoms with Crippen LogP contribution < -0.4 is 0 Å². The molecule has 2 heterocycles. The Morgan fingerprint density at radius 2 is 1.37 bits per heavy atom. The van der Waals surface area contributed by atoms with Gasteiger partial charge in [0.25, 0.3) is 0 Å². The van der Waals surface area contributed by atoms with Crippen LogP contribution in [0.2, 0.25) is 0 Å². The summed E-state index contributed by atoms with van der Waals surface area (Å²) in [5, 5.41) is 0. The molecule has 2 aliphatic heterocycles. The summed E-state index contributed by atoms with van der Waals surface area (Å²) in [6, 6.07) is 0. The molecular weight excluding hydrogens is 446 g/mol. The minimum atomic E-state index is -0.689. The number of esters is 2. The summed E-state index contributed by atoms with van der Waals surface area (Å²) in [6.07, 6.45) is 23.0. The van der Waals surface area contributed by atoms with Gasteiger partial charge in [-0.3, -0.25) is 9.59 Å². The van der Waals surface area contributed by atoms with Crippen LogP contribution in [0.4, 0.5) is 0 Å². The van der Waals surface area contributed by atoms with Crippen molar-refractivity contribution in [2.24, 2.45) is 5.92 Å². The highest BCUT2D eigenvalue weighted by molar-refractivity contribution is 5.81. The zero-order chi connectivity index (χ0) is 25.2. The third kappa shape index (κ3) is 10.6. The lowest BCUT2D eigenvalue weighted by Crippen LogP contribution is -2.53. The third-order valence-corrected chi connectivity index (χ3v) is 7.36. The fraction of sp³-hybridized carbons (Fsp3) is 0.857. The lowest BCUT2D eigenvalue weighted by Gasteiger charge is -2.33. The predicted octanol–water partition coefficient (Wildman–Crippen LogP) is 6.11. The largest absolute Gasteiger partial charge is 0.469 e. The van der Waals surface area contributed by atoms with Gasteiger partial charge >= 0.3 is 11.9 Å². The molecule has 0 saturated carbocycles. The van der Waals surface area contributed by atoms with Gasteiger partial charge < -0.3 is 18.9 Å². The monoisotopic (exact) mass is 495 g/mol. The van der Waals surface area contributed by atoms with E-state index in [0.29, 0.717) is 26.7 Å². The van der Waals surface area contributed by atoms with Crippen molar-refractivity contribution >= 4 is 11.9 Å². The minimum absolute atomic E-state index is 0.0502. The molecule has 0 aromatic rings. The Labute approximate surface area is 212 Å². The van der Waals surface area contributed by atoms with Gasteiger partial charge in [-0.2, -0.15) is 0 Å². The average Bonchev–Trinajstić information content (AvgIpc) is 3.45. The predicted molar refractivity (Wildman–Crippen MR) is 136 cm³/mol. The number of unbranched alkanes of at least 4 members (excludes halogenated alkanes) is 14. The van der Waals surface area contributed by atoms with Crippen LogP contribution in [0, 0.1) is 5.92 Å². The van der Waals surface area contributed by atoms with E-state index in [1.165, 1.54) is 96.8 Å². The molecular formula is C28H49NO6. The van der Waals surface area contributed by atoms with Crippen LogP contribution in [0.1, 0.15) is 110 Å². The zero-order valence-electron chi connectivity index (χ0n) is 22.3. The van der Waals surface area contributed by atoms with Crippen LogP contribution >= 0.6 is 0 Å². The van der Waals surface area contributed by atoms with Gasteiger partial charge in [0.1, 0.15) is 13.5 Å². The highest BCUT2D eigenvalue weighted by Gasteiger charge is 2.55. The molecule has 0 spiro atoms. The third-order valence-electron chi connectivity index (χ3n) is 7.36. The van der Waals surface area contributed by atoms with Crippen LogP contribution in [-0.2, 0) is 28.5 Å². The average molecular weight is 496 g/mol. The molecule has 35 heavy (non-hydrogen) atoms. The Kier molecular flexibility index (Phi) is 15.2. The van der Waals surface area contributed by atoms with Crippen LogP contribution in [0.15, 0.2) is 12.3 Å². The lowest BCUT2D eigenvalue weighted by atomic mass is 9.82. The lowest BCUT2D eigenvalue weighted by molar-refractivity contribution is -0.154. The molecule has 2 fully saturated rings. The van der Waals surface area contributed by atoms with Crippen LogP contribution in [0.5, 0.6) is 0 Å². The highest BCUT2D eigenvalue weighted by Crippen LogP contribution is 2.38. The molecule has 0 N–H and O–H groups in total. The number of hydrogen-bond donors (Lipinski definition) is 0. The highest BCUT2D eigenvalue weighted by atomic mass is 16.6. The number of methoxy groups -OCH3 is 1. The molecule has 202 valence electrons. The summed E-state index contributed by atoms with van der Waals surface area (Å²) in [5.74, 6) is -1.56. The summed E-state index contributed by atoms with van der Waals surface area (Å²) in [4.78, 5) is 26.8. The maximum Gasteiger partial charge on any atom is 0.316 e. The van der Waals surface area contributed by atoms with Gasteiger partial charge in [0.2, 0.25) is 0 Å². The molecule has 0 radical (unpaired) electrons. The van der Waals surface area contributed by atoms with Crippen molar-refractivity contribution in [2.45, 2.75) is 115 Å². The molecule has 0 aliphatic carbocycles. The summed E-state index contributed by atoms with van der Waals surface area (Å²) in [7, 11) is 1.33. The van der Waals surface area contributed by atoms with Gasteiger partial charge in [-0.05, 0) is 18.9 Å². The Hall–Kier alpha value is -1.44. The van der Waals surface area contributed by atoms with E-state index < -0.39 is 23.4 Å². The van der Waals surface area contributed by atoms with E-state index in [1.54, 1.807) is 0 Å². The summed E-state index contributed by atoms with van der Waals surface area (Å²) in [5.41, 5.74) is -0.659. The van der Waals surface area contributed by atoms with Crippen molar-refractivity contribution in [1.82, 2.24) is 4.90 Å². The van der Waals surface area contributed by atoms with E-state index in [2.05, 4.69) is 6.92 Å². The van der Waals surface area contributed by atoms with E-state index in [1.807, 2.05) is 11.0 Å². The normalized spacial score (nSPS) is 18.1. The van der Waals surface area contributed by atoms with Crippen molar-refractivity contribution < 1.29 is 28.5 Å². The van der Waals surface area contributed by atoms with E-state index in [0.717, 1.165) is 12.8 Å². The van der Waals surface area contributed by atoms with Gasteiger partial charge in [0.05, 0.1) is 44.5 Å². The number of fused-ring (bicyclic) bond motifs is 1. The summed E-state index contributed by atoms with van der Waals surface area (Å²) < 4.78 is 21.4. The molecule has 7 nitrogen and oxygen atoms in total. The first-order valence-electron chi connectivity index (χ1n) is 14.0. The van der Waals surface area contributed by atoms with E-state index in [-0.39, 0.29) is 6.42 Å². The van der Waals surface area contributed by atoms with Gasteiger partial charge in [0, 0.05) is 0 Å². The second-order valence-corrected chi connectivity index (χ2v) is 10.1. The second kappa shape index (κ2) is 17.9.